The van der Waals surface area contributed by atoms with E-state index in [0.717, 1.165) is 12.8 Å². The maximum Gasteiger partial charge on any atom is 1.00 e. The Morgan fingerprint density at radius 2 is 0.824 bits per heavy atom. The van der Waals surface area contributed by atoms with Crippen LogP contribution in [0.25, 0.3) is 0 Å². The molecule has 0 heterocycles. The molecule has 0 aliphatic rings. The number of allylic oxidation sites excluding steroid dienone is 1. The van der Waals surface area contributed by atoms with Gasteiger partial charge in [-0.3, -0.25) is 0 Å². The number of carbonyl (C=O) groups is 1. The molecule has 0 aromatic rings. The van der Waals surface area contributed by atoms with Gasteiger partial charge in [-0.2, -0.15) is 0 Å². The Hall–Kier alpha value is 0.0100. The summed E-state index contributed by atoms with van der Waals surface area (Å²) in [6, 6.07) is 0. The molecule has 0 bridgehead atoms. The first kappa shape index (κ1) is 36.2. The molecule has 34 heavy (non-hydrogen) atoms. The number of aliphatic hydroxyl groups is 1. The fourth-order valence-corrected chi connectivity index (χ4v) is 4.57. The molecule has 4 heteroatoms. The maximum atomic E-state index is 10.3. The Bertz CT molecular complexity index is 437. The van der Waals surface area contributed by atoms with Crippen LogP contribution in [0.3, 0.4) is 0 Å². The Balaban J connectivity index is 0. The number of carbonyl (C=O) groups excluding carboxylic acids is 1. The molecule has 0 rings (SSSR count). The van der Waals surface area contributed by atoms with Gasteiger partial charge in [0.25, 0.3) is 0 Å². The predicted molar refractivity (Wildman–Crippen MR) is 141 cm³/mol. The third kappa shape index (κ3) is 32.0. The SMILES string of the molecule is CCCCCCCCCCCCCCCCCCCCCCCCCCC(O)=CCC(=O)[O-].[Na+]. The first-order chi connectivity index (χ1) is 16.2. The molecule has 0 atom stereocenters. The van der Waals surface area contributed by atoms with Crippen molar-refractivity contribution in [3.8, 4) is 0 Å². The molecule has 0 saturated carbocycles. The van der Waals surface area contributed by atoms with E-state index in [1.54, 1.807) is 0 Å². The van der Waals surface area contributed by atoms with E-state index in [4.69, 9.17) is 0 Å². The largest absolute Gasteiger partial charge is 1.00 e. The van der Waals surface area contributed by atoms with E-state index in [2.05, 4.69) is 6.92 Å². The standard InChI is InChI=1S/C30H58O3.Na/c1-2-3-4-5-6-7-8-9-10-11-12-13-14-15-16-17-18-19-20-21-22-23-24-25-26-29(31)27-28-30(32)33;/h27,31H,2-26,28H2,1H3,(H,32,33);/q;+1/p-1. The Morgan fingerprint density at radius 1 is 0.559 bits per heavy atom. The third-order valence-corrected chi connectivity index (χ3v) is 6.79. The summed E-state index contributed by atoms with van der Waals surface area (Å²) < 4.78 is 0. The van der Waals surface area contributed by atoms with E-state index in [9.17, 15) is 15.0 Å². The Kier molecular flexibility index (Phi) is 33.0. The van der Waals surface area contributed by atoms with Crippen molar-refractivity contribution < 1.29 is 44.6 Å². The first-order valence-corrected chi connectivity index (χ1v) is 14.7. The van der Waals surface area contributed by atoms with Crippen molar-refractivity contribution in [2.75, 3.05) is 0 Å². The molecule has 0 aliphatic carbocycles. The van der Waals surface area contributed by atoms with Crippen LogP contribution in [0.5, 0.6) is 0 Å². The summed E-state index contributed by atoms with van der Waals surface area (Å²) in [6.07, 6.45) is 34.8. The number of unbranched alkanes of at least 4 members (excludes halogenated alkanes) is 23. The summed E-state index contributed by atoms with van der Waals surface area (Å²) >= 11 is 0. The van der Waals surface area contributed by atoms with Crippen LogP contribution in [0, 0.1) is 0 Å². The second kappa shape index (κ2) is 31.0. The van der Waals surface area contributed by atoms with E-state index in [1.165, 1.54) is 147 Å². The second-order valence-corrected chi connectivity index (χ2v) is 10.2. The fourth-order valence-electron chi connectivity index (χ4n) is 4.57. The summed E-state index contributed by atoms with van der Waals surface area (Å²) in [6.45, 7) is 2.29. The summed E-state index contributed by atoms with van der Waals surface area (Å²) in [5.74, 6) is -0.945. The molecule has 0 unspecified atom stereocenters. The molecular weight excluding hydrogens is 431 g/mol. The summed E-state index contributed by atoms with van der Waals surface area (Å²) in [7, 11) is 0. The normalized spacial score (nSPS) is 11.5. The van der Waals surface area contributed by atoms with Crippen molar-refractivity contribution in [2.45, 2.75) is 174 Å². The predicted octanol–water partition coefficient (Wildman–Crippen LogP) is 6.34. The average Bonchev–Trinajstić information content (AvgIpc) is 2.80. The van der Waals surface area contributed by atoms with E-state index in [0.29, 0.717) is 6.42 Å². The monoisotopic (exact) mass is 488 g/mol. The number of aliphatic carboxylic acids is 1. The van der Waals surface area contributed by atoms with Gasteiger partial charge in [0.2, 0.25) is 0 Å². The van der Waals surface area contributed by atoms with Gasteiger partial charge < -0.3 is 15.0 Å². The van der Waals surface area contributed by atoms with Gasteiger partial charge in [0.15, 0.2) is 0 Å². The molecular formula is C30H57NaO3. The van der Waals surface area contributed by atoms with Crippen LogP contribution >= 0.6 is 0 Å². The van der Waals surface area contributed by atoms with Gasteiger partial charge in [-0.25, -0.2) is 0 Å². The number of carboxylic acids is 1. The van der Waals surface area contributed by atoms with E-state index < -0.39 is 5.97 Å². The van der Waals surface area contributed by atoms with E-state index >= 15 is 0 Å². The van der Waals surface area contributed by atoms with Crippen LogP contribution in [-0.2, 0) is 4.79 Å². The van der Waals surface area contributed by atoms with Gasteiger partial charge in [0, 0.05) is 18.8 Å². The van der Waals surface area contributed by atoms with Crippen LogP contribution in [0.2, 0.25) is 0 Å². The Morgan fingerprint density at radius 3 is 1.09 bits per heavy atom. The summed E-state index contributed by atoms with van der Waals surface area (Å²) in [4.78, 5) is 10.3. The van der Waals surface area contributed by atoms with Crippen molar-refractivity contribution in [2.24, 2.45) is 0 Å². The Labute approximate surface area is 235 Å². The van der Waals surface area contributed by atoms with Crippen LogP contribution < -0.4 is 34.7 Å². The van der Waals surface area contributed by atoms with Crippen molar-refractivity contribution in [3.05, 3.63) is 11.8 Å². The topological polar surface area (TPSA) is 60.4 Å². The van der Waals surface area contributed by atoms with Crippen LogP contribution in [0.1, 0.15) is 174 Å². The zero-order chi connectivity index (χ0) is 24.2. The number of carboxylic acid groups (broad SMARTS) is 1. The van der Waals surface area contributed by atoms with Gasteiger partial charge in [-0.1, -0.05) is 155 Å². The average molecular weight is 489 g/mol. The van der Waals surface area contributed by atoms with Crippen LogP contribution in [0.15, 0.2) is 11.8 Å². The maximum absolute atomic E-state index is 10.3. The second-order valence-electron chi connectivity index (χ2n) is 10.2. The van der Waals surface area contributed by atoms with Gasteiger partial charge in [0.05, 0.1) is 5.76 Å². The smallest absolute Gasteiger partial charge is 0.550 e. The molecule has 0 aromatic carbocycles. The van der Waals surface area contributed by atoms with Gasteiger partial charge >= 0.3 is 29.6 Å². The van der Waals surface area contributed by atoms with Gasteiger partial charge in [-0.15, -0.1) is 0 Å². The molecule has 0 aliphatic heterocycles. The molecule has 196 valence electrons. The minimum absolute atomic E-state index is 0. The minimum atomic E-state index is -1.14. The quantitative estimate of drug-likeness (QED) is 0.0833. The molecule has 0 amide bonds. The molecule has 0 radical (unpaired) electrons. The van der Waals surface area contributed by atoms with Gasteiger partial charge in [-0.05, 0) is 12.5 Å². The minimum Gasteiger partial charge on any atom is -0.550 e. The molecule has 0 fully saturated rings. The molecule has 0 aromatic heterocycles. The number of hydrogen-bond acceptors (Lipinski definition) is 3. The molecule has 0 spiro atoms. The first-order valence-electron chi connectivity index (χ1n) is 14.7. The van der Waals surface area contributed by atoms with Crippen LogP contribution in [-0.4, -0.2) is 11.1 Å². The van der Waals surface area contributed by atoms with Crippen molar-refractivity contribution in [1.29, 1.82) is 0 Å². The number of aliphatic hydroxyl groups excluding tert-OH is 1. The number of hydrogen-bond donors (Lipinski definition) is 1. The van der Waals surface area contributed by atoms with E-state index in [-0.39, 0.29) is 41.7 Å². The third-order valence-electron chi connectivity index (χ3n) is 6.79. The zero-order valence-corrected chi connectivity index (χ0v) is 25.2. The van der Waals surface area contributed by atoms with Gasteiger partial charge in [0.1, 0.15) is 0 Å². The zero-order valence-electron chi connectivity index (χ0n) is 23.2. The molecule has 0 saturated heterocycles. The summed E-state index contributed by atoms with van der Waals surface area (Å²) in [5, 5.41) is 19.9. The van der Waals surface area contributed by atoms with Crippen molar-refractivity contribution >= 4 is 5.97 Å². The fraction of sp³-hybridized carbons (Fsp3) is 0.900. The van der Waals surface area contributed by atoms with Crippen LogP contribution in [0.4, 0.5) is 0 Å². The molecule has 1 N–H and O–H groups in total. The van der Waals surface area contributed by atoms with Crippen molar-refractivity contribution in [1.82, 2.24) is 0 Å². The number of rotatable bonds is 27. The van der Waals surface area contributed by atoms with E-state index in [1.807, 2.05) is 0 Å². The summed E-state index contributed by atoms with van der Waals surface area (Å²) in [5.41, 5.74) is 0. The molecule has 3 nitrogen and oxygen atoms in total. The van der Waals surface area contributed by atoms with Crippen molar-refractivity contribution in [3.63, 3.8) is 0 Å².